The Morgan fingerprint density at radius 2 is 2.45 bits per heavy atom. The summed E-state index contributed by atoms with van der Waals surface area (Å²) >= 11 is 0. The van der Waals surface area contributed by atoms with E-state index in [-0.39, 0.29) is 0 Å². The smallest absolute Gasteiger partial charge is 0.340 e. The van der Waals surface area contributed by atoms with Crippen molar-refractivity contribution in [2.45, 2.75) is 13.0 Å². The summed E-state index contributed by atoms with van der Waals surface area (Å²) < 4.78 is 10.4. The predicted octanol–water partition coefficient (Wildman–Crippen LogP) is 1.17. The number of hydrogen-bond donors (Lipinski definition) is 1. The first-order chi connectivity index (χ1) is 9.65. The van der Waals surface area contributed by atoms with Crippen LogP contribution in [0.4, 0.5) is 11.4 Å². The van der Waals surface area contributed by atoms with Crippen LogP contribution in [-0.4, -0.2) is 38.4 Å². The van der Waals surface area contributed by atoms with E-state index in [1.807, 2.05) is 4.90 Å². The summed E-state index contributed by atoms with van der Waals surface area (Å²) in [7, 11) is 0. The Labute approximate surface area is 117 Å². The molecule has 6 nitrogen and oxygen atoms in total. The third kappa shape index (κ3) is 3.00. The first kappa shape index (κ1) is 14.2. The van der Waals surface area contributed by atoms with Crippen LogP contribution in [0.25, 0.3) is 0 Å². The molecule has 1 aliphatic heterocycles. The summed E-state index contributed by atoms with van der Waals surface area (Å²) in [6.07, 6.45) is -0.489. The minimum Gasteiger partial charge on any atom is -0.462 e. The number of rotatable bonds is 3. The minimum atomic E-state index is -0.489. The van der Waals surface area contributed by atoms with Gasteiger partial charge in [-0.25, -0.2) is 4.79 Å². The molecular formula is C14H17N3O3. The van der Waals surface area contributed by atoms with E-state index in [9.17, 15) is 4.79 Å². The van der Waals surface area contributed by atoms with Gasteiger partial charge in [0.25, 0.3) is 0 Å². The molecule has 1 atom stereocenters. The lowest BCUT2D eigenvalue weighted by atomic mass is 10.1. The average Bonchev–Trinajstić information content (AvgIpc) is 2.47. The molecule has 0 radical (unpaired) electrons. The van der Waals surface area contributed by atoms with Crippen LogP contribution in [-0.2, 0) is 9.47 Å². The van der Waals surface area contributed by atoms with Crippen molar-refractivity contribution in [3.8, 4) is 6.07 Å². The van der Waals surface area contributed by atoms with Gasteiger partial charge in [0.15, 0.2) is 6.10 Å². The predicted molar refractivity (Wildman–Crippen MR) is 74.4 cm³/mol. The number of carbonyl (C=O) groups is 1. The van der Waals surface area contributed by atoms with Crippen LogP contribution in [0.3, 0.4) is 0 Å². The zero-order valence-electron chi connectivity index (χ0n) is 11.3. The van der Waals surface area contributed by atoms with Gasteiger partial charge in [-0.05, 0) is 25.1 Å². The molecule has 2 rings (SSSR count). The number of nitrogens with zero attached hydrogens (tertiary/aromatic N) is 2. The topological polar surface area (TPSA) is 88.6 Å². The highest BCUT2D eigenvalue weighted by atomic mass is 16.5. The van der Waals surface area contributed by atoms with Gasteiger partial charge >= 0.3 is 5.97 Å². The zero-order valence-corrected chi connectivity index (χ0v) is 11.3. The number of nitrogen functional groups attached to an aromatic ring is 1. The lowest BCUT2D eigenvalue weighted by Crippen LogP contribution is -2.42. The van der Waals surface area contributed by atoms with E-state index in [1.54, 1.807) is 25.1 Å². The number of anilines is 2. The van der Waals surface area contributed by atoms with Crippen LogP contribution in [0.15, 0.2) is 18.2 Å². The molecule has 1 fully saturated rings. The fourth-order valence-corrected chi connectivity index (χ4v) is 2.15. The van der Waals surface area contributed by atoms with Gasteiger partial charge in [-0.3, -0.25) is 0 Å². The second kappa shape index (κ2) is 6.26. The standard InChI is InChI=1S/C14H17N3O3/c1-2-19-14(18)12-7-10(16)3-4-13(12)17-5-6-20-11(8-15)9-17/h3-4,7,11H,2,5-6,9,16H2,1H3. The van der Waals surface area contributed by atoms with E-state index in [4.69, 9.17) is 20.5 Å². The second-order valence-corrected chi connectivity index (χ2v) is 4.43. The average molecular weight is 275 g/mol. The van der Waals surface area contributed by atoms with E-state index in [2.05, 4.69) is 6.07 Å². The first-order valence-electron chi connectivity index (χ1n) is 6.48. The van der Waals surface area contributed by atoms with Crippen molar-refractivity contribution in [2.75, 3.05) is 36.9 Å². The third-order valence-electron chi connectivity index (χ3n) is 3.07. The van der Waals surface area contributed by atoms with Gasteiger partial charge in [0.05, 0.1) is 37.1 Å². The first-order valence-corrected chi connectivity index (χ1v) is 6.48. The van der Waals surface area contributed by atoms with Crippen LogP contribution in [0, 0.1) is 11.3 Å². The van der Waals surface area contributed by atoms with Gasteiger partial charge in [-0.1, -0.05) is 0 Å². The van der Waals surface area contributed by atoms with E-state index >= 15 is 0 Å². The normalized spacial score (nSPS) is 18.4. The van der Waals surface area contributed by atoms with Gasteiger partial charge in [0.2, 0.25) is 0 Å². The molecule has 0 spiro atoms. The summed E-state index contributed by atoms with van der Waals surface area (Å²) in [4.78, 5) is 14.0. The molecule has 20 heavy (non-hydrogen) atoms. The monoisotopic (exact) mass is 275 g/mol. The molecule has 1 heterocycles. The fourth-order valence-electron chi connectivity index (χ4n) is 2.15. The van der Waals surface area contributed by atoms with Crippen LogP contribution in [0.1, 0.15) is 17.3 Å². The molecule has 2 N–H and O–H groups in total. The highest BCUT2D eigenvalue weighted by molar-refractivity contribution is 5.97. The Morgan fingerprint density at radius 3 is 3.15 bits per heavy atom. The van der Waals surface area contributed by atoms with Gasteiger partial charge in [0, 0.05) is 12.2 Å². The van der Waals surface area contributed by atoms with Crippen molar-refractivity contribution in [3.63, 3.8) is 0 Å². The molecule has 106 valence electrons. The Bertz CT molecular complexity index is 539. The number of nitrogens with two attached hydrogens (primary N) is 1. The quantitative estimate of drug-likeness (QED) is 0.658. The number of nitriles is 1. The lowest BCUT2D eigenvalue weighted by Gasteiger charge is -2.32. The largest absolute Gasteiger partial charge is 0.462 e. The van der Waals surface area contributed by atoms with Crippen molar-refractivity contribution < 1.29 is 14.3 Å². The third-order valence-corrected chi connectivity index (χ3v) is 3.07. The van der Waals surface area contributed by atoms with E-state index < -0.39 is 12.1 Å². The van der Waals surface area contributed by atoms with Gasteiger partial charge < -0.3 is 20.1 Å². The molecule has 0 saturated carbocycles. The second-order valence-electron chi connectivity index (χ2n) is 4.43. The maximum atomic E-state index is 12.0. The highest BCUT2D eigenvalue weighted by Crippen LogP contribution is 2.25. The number of morpholine rings is 1. The Balaban J connectivity index is 2.31. The molecule has 0 bridgehead atoms. The summed E-state index contributed by atoms with van der Waals surface area (Å²) in [6, 6.07) is 7.20. The minimum absolute atomic E-state index is 0.303. The summed E-state index contributed by atoms with van der Waals surface area (Å²) in [5, 5.41) is 8.95. The molecule has 0 aliphatic carbocycles. The number of hydrogen-bond acceptors (Lipinski definition) is 6. The summed E-state index contributed by atoms with van der Waals surface area (Å²) in [6.45, 7) is 3.55. The maximum absolute atomic E-state index is 12.0. The van der Waals surface area contributed by atoms with Gasteiger partial charge in [-0.15, -0.1) is 0 Å². The Hall–Kier alpha value is -2.26. The lowest BCUT2D eigenvalue weighted by molar-refractivity contribution is 0.0524. The van der Waals surface area contributed by atoms with Crippen LogP contribution < -0.4 is 10.6 Å². The highest BCUT2D eigenvalue weighted by Gasteiger charge is 2.24. The fraction of sp³-hybridized carbons (Fsp3) is 0.429. The molecule has 1 aliphatic rings. The molecule has 1 saturated heterocycles. The van der Waals surface area contributed by atoms with Crippen LogP contribution in [0.2, 0.25) is 0 Å². The molecular weight excluding hydrogens is 258 g/mol. The van der Waals surface area contributed by atoms with Crippen molar-refractivity contribution in [1.29, 1.82) is 5.26 Å². The number of esters is 1. The van der Waals surface area contributed by atoms with Crippen molar-refractivity contribution in [3.05, 3.63) is 23.8 Å². The zero-order chi connectivity index (χ0) is 14.5. The Morgan fingerprint density at radius 1 is 1.65 bits per heavy atom. The summed E-state index contributed by atoms with van der Waals surface area (Å²) in [5.74, 6) is -0.408. The number of benzene rings is 1. The van der Waals surface area contributed by atoms with Crippen LogP contribution in [0.5, 0.6) is 0 Å². The Kier molecular flexibility index (Phi) is 4.43. The maximum Gasteiger partial charge on any atom is 0.340 e. The molecule has 0 aromatic heterocycles. The van der Waals surface area contributed by atoms with Crippen molar-refractivity contribution >= 4 is 17.3 Å². The molecule has 1 aromatic carbocycles. The number of carbonyl (C=O) groups excluding carboxylic acids is 1. The van der Waals surface area contributed by atoms with E-state index in [0.29, 0.717) is 37.6 Å². The van der Waals surface area contributed by atoms with Crippen molar-refractivity contribution in [1.82, 2.24) is 0 Å². The van der Waals surface area contributed by atoms with E-state index in [1.165, 1.54) is 0 Å². The number of ether oxygens (including phenoxy) is 2. The molecule has 6 heteroatoms. The van der Waals surface area contributed by atoms with Gasteiger partial charge in [0.1, 0.15) is 0 Å². The van der Waals surface area contributed by atoms with Crippen LogP contribution >= 0.6 is 0 Å². The van der Waals surface area contributed by atoms with Crippen molar-refractivity contribution in [2.24, 2.45) is 0 Å². The van der Waals surface area contributed by atoms with Gasteiger partial charge in [-0.2, -0.15) is 5.26 Å². The molecule has 1 aromatic rings. The SMILES string of the molecule is CCOC(=O)c1cc(N)ccc1N1CCOC(C#N)C1. The summed E-state index contributed by atoms with van der Waals surface area (Å²) in [5.41, 5.74) is 7.39. The molecule has 0 amide bonds. The van der Waals surface area contributed by atoms with E-state index in [0.717, 1.165) is 5.69 Å². The molecule has 1 unspecified atom stereocenters.